The lowest BCUT2D eigenvalue weighted by Gasteiger charge is -2.14. The third-order valence-corrected chi connectivity index (χ3v) is 4.59. The Bertz CT molecular complexity index is 1100. The molecule has 0 aliphatic rings. The second-order valence-corrected chi connectivity index (χ2v) is 6.98. The Labute approximate surface area is 182 Å². The predicted octanol–water partition coefficient (Wildman–Crippen LogP) is 3.65. The quantitative estimate of drug-likeness (QED) is 0.471. The second kappa shape index (κ2) is 10.4. The van der Waals surface area contributed by atoms with Gasteiger partial charge in [0.15, 0.2) is 11.5 Å². The van der Waals surface area contributed by atoms with Crippen LogP contribution >= 0.6 is 0 Å². The molecule has 0 unspecified atom stereocenters. The van der Waals surface area contributed by atoms with Crippen LogP contribution in [-0.2, 0) is 11.3 Å². The molecule has 32 heavy (non-hydrogen) atoms. The van der Waals surface area contributed by atoms with Crippen molar-refractivity contribution < 1.29 is 22.6 Å². The first-order chi connectivity index (χ1) is 15.3. The van der Waals surface area contributed by atoms with E-state index in [2.05, 4.69) is 20.3 Å². The Morgan fingerprint density at radius 1 is 1.12 bits per heavy atom. The summed E-state index contributed by atoms with van der Waals surface area (Å²) in [4.78, 5) is 25.6. The maximum absolute atomic E-state index is 13.0. The van der Waals surface area contributed by atoms with E-state index in [0.29, 0.717) is 23.6 Å². The number of anilines is 1. The molecule has 3 aromatic rings. The zero-order valence-electron chi connectivity index (χ0n) is 17.8. The van der Waals surface area contributed by atoms with Crippen molar-refractivity contribution in [1.29, 1.82) is 0 Å². The number of halogens is 3. The van der Waals surface area contributed by atoms with Crippen LogP contribution in [0.25, 0.3) is 22.3 Å². The fourth-order valence-electron chi connectivity index (χ4n) is 3.01. The van der Waals surface area contributed by atoms with Crippen LogP contribution in [0, 0.1) is 0 Å². The maximum Gasteiger partial charge on any atom is 0.390 e. The molecular weight excluding hydrogens is 427 g/mol. The zero-order valence-corrected chi connectivity index (χ0v) is 17.8. The second-order valence-electron chi connectivity index (χ2n) is 6.98. The highest BCUT2D eigenvalue weighted by Gasteiger charge is 2.26. The molecular formula is C21H24F3N5O3. The van der Waals surface area contributed by atoms with E-state index in [1.807, 2.05) is 13.0 Å². The Balaban J connectivity index is 1.98. The summed E-state index contributed by atoms with van der Waals surface area (Å²) < 4.78 is 49.5. The van der Waals surface area contributed by atoms with Crippen LogP contribution in [0.2, 0.25) is 0 Å². The number of aromatic nitrogens is 4. The smallest absolute Gasteiger partial charge is 0.390 e. The molecule has 0 saturated carbocycles. The number of pyridine rings is 2. The van der Waals surface area contributed by atoms with Gasteiger partial charge in [-0.3, -0.25) is 9.36 Å². The van der Waals surface area contributed by atoms with Crippen molar-refractivity contribution >= 4 is 17.0 Å². The van der Waals surface area contributed by atoms with E-state index < -0.39 is 24.7 Å². The molecule has 0 amide bonds. The van der Waals surface area contributed by atoms with Crippen molar-refractivity contribution in [3.8, 4) is 17.0 Å². The van der Waals surface area contributed by atoms with Gasteiger partial charge in [0.25, 0.3) is 5.56 Å². The van der Waals surface area contributed by atoms with Crippen molar-refractivity contribution in [3.05, 3.63) is 40.9 Å². The van der Waals surface area contributed by atoms with Crippen LogP contribution in [-0.4, -0.2) is 52.6 Å². The van der Waals surface area contributed by atoms with Crippen molar-refractivity contribution in [3.63, 3.8) is 0 Å². The normalized spacial score (nSPS) is 11.7. The lowest BCUT2D eigenvalue weighted by atomic mass is 10.1. The molecule has 1 N–H and O–H groups in total. The first-order valence-electron chi connectivity index (χ1n) is 10.1. The van der Waals surface area contributed by atoms with Gasteiger partial charge in [-0.15, -0.1) is 0 Å². The molecule has 0 saturated heterocycles. The van der Waals surface area contributed by atoms with Gasteiger partial charge in [0.05, 0.1) is 25.7 Å². The van der Waals surface area contributed by atoms with Gasteiger partial charge in [0.2, 0.25) is 5.88 Å². The number of ether oxygens (including phenoxy) is 2. The number of fused-ring (bicyclic) bond motifs is 1. The molecule has 0 atom stereocenters. The summed E-state index contributed by atoms with van der Waals surface area (Å²) in [5.74, 6) is 0.285. The van der Waals surface area contributed by atoms with Gasteiger partial charge in [-0.1, -0.05) is 6.92 Å². The number of rotatable bonds is 10. The first-order valence-corrected chi connectivity index (χ1v) is 10.1. The molecule has 3 heterocycles. The Hall–Kier alpha value is -3.21. The molecule has 3 aromatic heterocycles. The van der Waals surface area contributed by atoms with Gasteiger partial charge in [0, 0.05) is 49.3 Å². The lowest BCUT2D eigenvalue weighted by Crippen LogP contribution is -2.28. The van der Waals surface area contributed by atoms with Crippen LogP contribution in [0.5, 0.6) is 5.88 Å². The van der Waals surface area contributed by atoms with Crippen molar-refractivity contribution in [2.75, 3.05) is 32.2 Å². The Morgan fingerprint density at radius 3 is 2.56 bits per heavy atom. The van der Waals surface area contributed by atoms with Crippen LogP contribution in [0.1, 0.15) is 19.8 Å². The third kappa shape index (κ3) is 5.94. The molecule has 172 valence electrons. The highest BCUT2D eigenvalue weighted by atomic mass is 19.4. The molecule has 0 aliphatic heterocycles. The number of nitrogens with one attached hydrogen (secondary N) is 1. The fourth-order valence-corrected chi connectivity index (χ4v) is 3.01. The molecule has 0 aromatic carbocycles. The first kappa shape index (κ1) is 23.5. The van der Waals surface area contributed by atoms with Crippen molar-refractivity contribution in [2.24, 2.45) is 0 Å². The maximum atomic E-state index is 13.0. The molecule has 0 spiro atoms. The van der Waals surface area contributed by atoms with Crippen molar-refractivity contribution in [2.45, 2.75) is 32.5 Å². The summed E-state index contributed by atoms with van der Waals surface area (Å²) in [5.41, 5.74) is 1.61. The topological polar surface area (TPSA) is 91.2 Å². The van der Waals surface area contributed by atoms with Crippen LogP contribution in [0.3, 0.4) is 0 Å². The van der Waals surface area contributed by atoms with E-state index in [0.717, 1.165) is 12.0 Å². The third-order valence-electron chi connectivity index (χ3n) is 4.59. The number of methoxy groups -OCH3 is 1. The number of hydrogen-bond donors (Lipinski definition) is 1. The largest absolute Gasteiger partial charge is 0.481 e. The van der Waals surface area contributed by atoms with E-state index in [1.165, 1.54) is 11.7 Å². The van der Waals surface area contributed by atoms with Gasteiger partial charge in [0.1, 0.15) is 0 Å². The van der Waals surface area contributed by atoms with E-state index in [9.17, 15) is 18.0 Å². The highest BCUT2D eigenvalue weighted by Crippen LogP contribution is 2.23. The minimum Gasteiger partial charge on any atom is -0.481 e. The summed E-state index contributed by atoms with van der Waals surface area (Å²) in [5, 5.41) is 2.49. The van der Waals surface area contributed by atoms with Crippen LogP contribution in [0.15, 0.2) is 35.4 Å². The van der Waals surface area contributed by atoms with Gasteiger partial charge in [-0.25, -0.2) is 15.0 Å². The fraction of sp³-hybridized carbons (Fsp3) is 0.429. The highest BCUT2D eigenvalue weighted by molar-refractivity contribution is 5.78. The number of hydrogen-bond acceptors (Lipinski definition) is 7. The molecule has 11 heteroatoms. The van der Waals surface area contributed by atoms with E-state index >= 15 is 0 Å². The summed E-state index contributed by atoms with van der Waals surface area (Å²) in [6, 6.07) is 5.26. The van der Waals surface area contributed by atoms with Gasteiger partial charge in [-0.05, 0) is 18.6 Å². The molecule has 0 fully saturated rings. The monoisotopic (exact) mass is 451 g/mol. The average molecular weight is 451 g/mol. The van der Waals surface area contributed by atoms with E-state index in [1.54, 1.807) is 24.5 Å². The molecule has 8 nitrogen and oxygen atoms in total. The van der Waals surface area contributed by atoms with Crippen LogP contribution < -0.4 is 15.6 Å². The summed E-state index contributed by atoms with van der Waals surface area (Å²) in [6.07, 6.45) is -1.40. The SMILES string of the molecule is CCCOCCn1c(=O)c(NCCC(F)(F)F)nc2ncc(-c3ccc(OC)nc3)cc21. The van der Waals surface area contributed by atoms with E-state index in [-0.39, 0.29) is 24.6 Å². The molecule has 3 rings (SSSR count). The lowest BCUT2D eigenvalue weighted by molar-refractivity contribution is -0.131. The van der Waals surface area contributed by atoms with Gasteiger partial charge in [-0.2, -0.15) is 13.2 Å². The van der Waals surface area contributed by atoms with E-state index in [4.69, 9.17) is 9.47 Å². The molecule has 0 bridgehead atoms. The minimum atomic E-state index is -4.34. The van der Waals surface area contributed by atoms with Crippen molar-refractivity contribution in [1.82, 2.24) is 19.5 Å². The minimum absolute atomic E-state index is 0.177. The zero-order chi connectivity index (χ0) is 23.1. The predicted molar refractivity (Wildman–Crippen MR) is 114 cm³/mol. The summed E-state index contributed by atoms with van der Waals surface area (Å²) in [6.45, 7) is 2.52. The Morgan fingerprint density at radius 2 is 1.91 bits per heavy atom. The molecule has 0 radical (unpaired) electrons. The Kier molecular flexibility index (Phi) is 7.62. The average Bonchev–Trinajstić information content (AvgIpc) is 2.77. The standard InChI is InChI=1S/C21H24F3N5O3/c1-3-9-32-10-8-29-16-11-15(14-4-5-17(31-2)26-12-14)13-27-18(16)28-19(20(29)30)25-7-6-21(22,23)24/h4-5,11-13H,3,6-10H2,1-2H3,(H,25,27,28). The summed E-state index contributed by atoms with van der Waals surface area (Å²) in [7, 11) is 1.52. The summed E-state index contributed by atoms with van der Waals surface area (Å²) >= 11 is 0. The number of alkyl halides is 3. The van der Waals surface area contributed by atoms with Crippen LogP contribution in [0.4, 0.5) is 19.0 Å². The van der Waals surface area contributed by atoms with Gasteiger partial charge < -0.3 is 14.8 Å². The molecule has 0 aliphatic carbocycles. The van der Waals surface area contributed by atoms with Gasteiger partial charge >= 0.3 is 6.18 Å². The number of nitrogens with zero attached hydrogens (tertiary/aromatic N) is 4.